The maximum absolute atomic E-state index is 9.64. The Morgan fingerprint density at radius 2 is 2.13 bits per heavy atom. The Labute approximate surface area is 93.2 Å². The second kappa shape index (κ2) is 6.46. The number of aliphatic hydroxyl groups excluding tert-OH is 1. The van der Waals surface area contributed by atoms with Crippen molar-refractivity contribution in [2.24, 2.45) is 5.92 Å². The Morgan fingerprint density at radius 1 is 1.40 bits per heavy atom. The highest BCUT2D eigenvalue weighted by atomic mass is 16.5. The first-order valence-corrected chi connectivity index (χ1v) is 6.11. The molecular formula is C12H25NO2. The van der Waals surface area contributed by atoms with Crippen LogP contribution in [0.15, 0.2) is 0 Å². The van der Waals surface area contributed by atoms with E-state index in [1.54, 1.807) is 0 Å². The van der Waals surface area contributed by atoms with E-state index in [0.29, 0.717) is 19.2 Å². The van der Waals surface area contributed by atoms with Crippen LogP contribution in [-0.4, -0.2) is 36.5 Å². The smallest absolute Gasteiger partial charge is 0.0897 e. The van der Waals surface area contributed by atoms with Crippen molar-refractivity contribution in [1.29, 1.82) is 0 Å². The fraction of sp³-hybridized carbons (Fsp3) is 1.00. The molecule has 1 aliphatic carbocycles. The van der Waals surface area contributed by atoms with Gasteiger partial charge in [-0.15, -0.1) is 0 Å². The molecule has 0 spiro atoms. The third kappa shape index (κ3) is 5.50. The monoisotopic (exact) mass is 215 g/mol. The van der Waals surface area contributed by atoms with Crippen LogP contribution in [0.2, 0.25) is 0 Å². The predicted molar refractivity (Wildman–Crippen MR) is 61.9 cm³/mol. The molecule has 0 radical (unpaired) electrons. The van der Waals surface area contributed by atoms with Crippen molar-refractivity contribution in [3.63, 3.8) is 0 Å². The molecule has 1 aliphatic rings. The maximum atomic E-state index is 9.64. The Bertz CT molecular complexity index is 173. The lowest BCUT2D eigenvalue weighted by atomic mass is 10.1. The summed E-state index contributed by atoms with van der Waals surface area (Å²) < 4.78 is 5.35. The molecule has 1 fully saturated rings. The first-order chi connectivity index (χ1) is 7.08. The van der Waals surface area contributed by atoms with Crippen LogP contribution in [0.3, 0.4) is 0 Å². The third-order valence-corrected chi connectivity index (χ3v) is 2.96. The number of rotatable bonds is 6. The van der Waals surface area contributed by atoms with Crippen molar-refractivity contribution < 1.29 is 9.84 Å². The largest absolute Gasteiger partial charge is 0.389 e. The lowest BCUT2D eigenvalue weighted by Gasteiger charge is -2.17. The summed E-state index contributed by atoms with van der Waals surface area (Å²) in [5.74, 6) is 0.839. The van der Waals surface area contributed by atoms with Crippen molar-refractivity contribution in [2.75, 3.05) is 13.2 Å². The number of aliphatic hydroxyl groups is 1. The summed E-state index contributed by atoms with van der Waals surface area (Å²) in [6, 6.07) is 0.605. The van der Waals surface area contributed by atoms with E-state index in [2.05, 4.69) is 12.2 Å². The molecule has 90 valence electrons. The summed E-state index contributed by atoms with van der Waals surface area (Å²) in [6.45, 7) is 7.36. The van der Waals surface area contributed by atoms with Gasteiger partial charge < -0.3 is 15.2 Å². The molecular weight excluding hydrogens is 190 g/mol. The fourth-order valence-corrected chi connectivity index (χ4v) is 2.06. The molecule has 2 N–H and O–H groups in total. The van der Waals surface area contributed by atoms with Crippen LogP contribution < -0.4 is 5.32 Å². The molecule has 15 heavy (non-hydrogen) atoms. The van der Waals surface area contributed by atoms with Crippen LogP contribution in [0.4, 0.5) is 0 Å². The molecule has 0 saturated heterocycles. The first-order valence-electron chi connectivity index (χ1n) is 6.11. The molecule has 1 saturated carbocycles. The molecule has 1 rings (SSSR count). The van der Waals surface area contributed by atoms with Crippen LogP contribution in [0.5, 0.6) is 0 Å². The molecule has 0 bridgehead atoms. The summed E-state index contributed by atoms with van der Waals surface area (Å²) in [6.07, 6.45) is 3.64. The standard InChI is InChI=1S/C12H25NO2/c1-9(2)15-8-12(14)7-13-11-5-4-10(3)6-11/h9-14H,4-8H2,1-3H3. The first kappa shape index (κ1) is 12.9. The summed E-state index contributed by atoms with van der Waals surface area (Å²) in [4.78, 5) is 0. The van der Waals surface area contributed by atoms with Gasteiger partial charge in [-0.25, -0.2) is 0 Å². The van der Waals surface area contributed by atoms with Gasteiger partial charge in [0.25, 0.3) is 0 Å². The molecule has 3 nitrogen and oxygen atoms in total. The zero-order valence-corrected chi connectivity index (χ0v) is 10.2. The SMILES string of the molecule is CC1CCC(NCC(O)COC(C)C)C1. The number of ether oxygens (including phenoxy) is 1. The second-order valence-corrected chi connectivity index (χ2v) is 5.06. The molecule has 0 heterocycles. The van der Waals surface area contributed by atoms with Crippen LogP contribution in [0.25, 0.3) is 0 Å². The highest BCUT2D eigenvalue weighted by molar-refractivity contribution is 4.79. The van der Waals surface area contributed by atoms with E-state index in [1.807, 2.05) is 13.8 Å². The Hall–Kier alpha value is -0.120. The zero-order valence-electron chi connectivity index (χ0n) is 10.2. The average molecular weight is 215 g/mol. The highest BCUT2D eigenvalue weighted by Gasteiger charge is 2.21. The van der Waals surface area contributed by atoms with Crippen LogP contribution in [-0.2, 0) is 4.74 Å². The van der Waals surface area contributed by atoms with E-state index < -0.39 is 0 Å². The summed E-state index contributed by atoms with van der Waals surface area (Å²) in [7, 11) is 0. The van der Waals surface area contributed by atoms with Gasteiger partial charge in [0.15, 0.2) is 0 Å². The molecule has 0 aromatic carbocycles. The van der Waals surface area contributed by atoms with Gasteiger partial charge in [0, 0.05) is 12.6 Å². The van der Waals surface area contributed by atoms with Crippen LogP contribution in [0, 0.1) is 5.92 Å². The topological polar surface area (TPSA) is 41.5 Å². The molecule has 0 aromatic rings. The Kier molecular flexibility index (Phi) is 5.58. The molecule has 3 atom stereocenters. The molecule has 0 aromatic heterocycles. The normalized spacial score (nSPS) is 28.6. The molecule has 0 amide bonds. The quantitative estimate of drug-likeness (QED) is 0.706. The molecule has 3 unspecified atom stereocenters. The predicted octanol–water partition coefficient (Wildman–Crippen LogP) is 1.55. The Balaban J connectivity index is 2.03. The van der Waals surface area contributed by atoms with Gasteiger partial charge in [0.1, 0.15) is 0 Å². The van der Waals surface area contributed by atoms with Gasteiger partial charge in [-0.2, -0.15) is 0 Å². The Morgan fingerprint density at radius 3 is 2.67 bits per heavy atom. The van der Waals surface area contributed by atoms with Gasteiger partial charge in [-0.05, 0) is 39.0 Å². The van der Waals surface area contributed by atoms with Crippen LogP contribution >= 0.6 is 0 Å². The van der Waals surface area contributed by atoms with Gasteiger partial charge in [0.05, 0.1) is 18.8 Å². The lowest BCUT2D eigenvalue weighted by Crippen LogP contribution is -2.36. The van der Waals surface area contributed by atoms with E-state index in [4.69, 9.17) is 4.74 Å². The summed E-state index contributed by atoms with van der Waals surface area (Å²) in [5.41, 5.74) is 0. The van der Waals surface area contributed by atoms with Crippen LogP contribution in [0.1, 0.15) is 40.0 Å². The molecule has 3 heteroatoms. The van der Waals surface area contributed by atoms with Gasteiger partial charge in [-0.3, -0.25) is 0 Å². The molecule has 0 aliphatic heterocycles. The van der Waals surface area contributed by atoms with E-state index in [9.17, 15) is 5.11 Å². The average Bonchev–Trinajstić information content (AvgIpc) is 2.58. The van der Waals surface area contributed by atoms with Crippen molar-refractivity contribution in [1.82, 2.24) is 5.32 Å². The minimum Gasteiger partial charge on any atom is -0.389 e. The van der Waals surface area contributed by atoms with Gasteiger partial charge in [-0.1, -0.05) is 6.92 Å². The minimum absolute atomic E-state index is 0.200. The van der Waals surface area contributed by atoms with Crippen molar-refractivity contribution >= 4 is 0 Å². The summed E-state index contributed by atoms with van der Waals surface area (Å²) >= 11 is 0. The number of nitrogens with one attached hydrogen (secondary N) is 1. The van der Waals surface area contributed by atoms with E-state index in [1.165, 1.54) is 19.3 Å². The zero-order chi connectivity index (χ0) is 11.3. The number of hydrogen-bond acceptors (Lipinski definition) is 3. The van der Waals surface area contributed by atoms with E-state index in [-0.39, 0.29) is 12.2 Å². The highest BCUT2D eigenvalue weighted by Crippen LogP contribution is 2.24. The summed E-state index contributed by atoms with van der Waals surface area (Å²) in [5, 5.41) is 13.0. The third-order valence-electron chi connectivity index (χ3n) is 2.96. The van der Waals surface area contributed by atoms with Crippen molar-refractivity contribution in [3.8, 4) is 0 Å². The lowest BCUT2D eigenvalue weighted by molar-refractivity contribution is 0.00549. The number of hydrogen-bond donors (Lipinski definition) is 2. The fourth-order valence-electron chi connectivity index (χ4n) is 2.06. The van der Waals surface area contributed by atoms with Crippen molar-refractivity contribution in [3.05, 3.63) is 0 Å². The van der Waals surface area contributed by atoms with Gasteiger partial charge in [0.2, 0.25) is 0 Å². The minimum atomic E-state index is -0.372. The maximum Gasteiger partial charge on any atom is 0.0897 e. The van der Waals surface area contributed by atoms with E-state index in [0.717, 1.165) is 5.92 Å². The second-order valence-electron chi connectivity index (χ2n) is 5.06. The van der Waals surface area contributed by atoms with Crippen molar-refractivity contribution in [2.45, 2.75) is 58.3 Å². The van der Waals surface area contributed by atoms with Gasteiger partial charge >= 0.3 is 0 Å². The van der Waals surface area contributed by atoms with E-state index >= 15 is 0 Å².